The van der Waals surface area contributed by atoms with E-state index in [-0.39, 0.29) is 46.3 Å². The predicted molar refractivity (Wildman–Crippen MR) is 75.6 cm³/mol. The summed E-state index contributed by atoms with van der Waals surface area (Å²) in [6.45, 7) is 0. The molecule has 0 radical (unpaired) electrons. The highest BCUT2D eigenvalue weighted by Gasteiger charge is 2.31. The Hall–Kier alpha value is -3.02. The Kier molecular flexibility index (Phi) is 3.21. The van der Waals surface area contributed by atoms with Crippen LogP contribution in [0.3, 0.4) is 0 Å². The van der Waals surface area contributed by atoms with Crippen LogP contribution in [-0.2, 0) is 0 Å². The number of hydrogen-bond donors (Lipinski definition) is 3. The monoisotopic (exact) mass is 300 g/mol. The van der Waals surface area contributed by atoms with E-state index in [1.54, 1.807) is 6.07 Å². The van der Waals surface area contributed by atoms with Crippen LogP contribution in [0.15, 0.2) is 30.3 Å². The SMILES string of the molecule is O=Cc1cc(C2CC(=O)c3c(O)cc(O)cc3O2)ccc1O. The van der Waals surface area contributed by atoms with Crippen LogP contribution >= 0.6 is 0 Å². The van der Waals surface area contributed by atoms with Crippen molar-refractivity contribution in [2.24, 2.45) is 0 Å². The summed E-state index contributed by atoms with van der Waals surface area (Å²) in [6.07, 6.45) is -0.177. The normalized spacial score (nSPS) is 16.7. The first-order valence-electron chi connectivity index (χ1n) is 6.53. The third-order valence-electron chi connectivity index (χ3n) is 3.54. The molecule has 0 bridgehead atoms. The Morgan fingerprint density at radius 1 is 1.09 bits per heavy atom. The molecule has 1 unspecified atom stereocenters. The van der Waals surface area contributed by atoms with Crippen molar-refractivity contribution < 1.29 is 29.6 Å². The van der Waals surface area contributed by atoms with E-state index in [0.717, 1.165) is 6.07 Å². The van der Waals surface area contributed by atoms with E-state index in [4.69, 9.17) is 4.74 Å². The predicted octanol–water partition coefficient (Wildman–Crippen LogP) is 2.32. The van der Waals surface area contributed by atoms with E-state index in [1.165, 1.54) is 18.2 Å². The summed E-state index contributed by atoms with van der Waals surface area (Å²) < 4.78 is 5.65. The van der Waals surface area contributed by atoms with Crippen LogP contribution in [0.4, 0.5) is 0 Å². The Morgan fingerprint density at radius 2 is 1.86 bits per heavy atom. The van der Waals surface area contributed by atoms with Crippen LogP contribution in [0.25, 0.3) is 0 Å². The number of hydrogen-bond acceptors (Lipinski definition) is 6. The standard InChI is InChI=1S/C16H12O6/c17-7-9-3-8(1-2-11(9)19)14-6-13(21)16-12(20)4-10(18)5-15(16)22-14/h1-5,7,14,18-20H,6H2. The van der Waals surface area contributed by atoms with Crippen molar-refractivity contribution in [1.82, 2.24) is 0 Å². The molecule has 0 fully saturated rings. The highest BCUT2D eigenvalue weighted by molar-refractivity contribution is 6.02. The van der Waals surface area contributed by atoms with Crippen molar-refractivity contribution in [3.8, 4) is 23.0 Å². The molecule has 0 saturated carbocycles. The molecular formula is C16H12O6. The molecule has 3 N–H and O–H groups in total. The summed E-state index contributed by atoms with van der Waals surface area (Å²) in [5.74, 6) is -0.956. The lowest BCUT2D eigenvalue weighted by molar-refractivity contribution is 0.0845. The molecule has 1 aliphatic rings. The highest BCUT2D eigenvalue weighted by Crippen LogP contribution is 2.41. The van der Waals surface area contributed by atoms with Crippen LogP contribution in [-0.4, -0.2) is 27.4 Å². The Labute approximate surface area is 125 Å². The van der Waals surface area contributed by atoms with E-state index in [2.05, 4.69) is 0 Å². The second-order valence-electron chi connectivity index (χ2n) is 5.01. The maximum absolute atomic E-state index is 12.2. The summed E-state index contributed by atoms with van der Waals surface area (Å²) in [5.41, 5.74) is 0.670. The van der Waals surface area contributed by atoms with Gasteiger partial charge in [-0.2, -0.15) is 0 Å². The molecule has 0 aliphatic carbocycles. The number of ketones is 1. The zero-order chi connectivity index (χ0) is 15.9. The molecule has 0 aromatic heterocycles. The first kappa shape index (κ1) is 13.9. The van der Waals surface area contributed by atoms with Gasteiger partial charge in [0.1, 0.15) is 34.7 Å². The summed E-state index contributed by atoms with van der Waals surface area (Å²) >= 11 is 0. The van der Waals surface area contributed by atoms with Crippen molar-refractivity contribution in [2.75, 3.05) is 0 Å². The number of phenols is 3. The van der Waals surface area contributed by atoms with E-state index in [1.807, 2.05) is 0 Å². The minimum Gasteiger partial charge on any atom is -0.508 e. The number of rotatable bonds is 2. The number of ether oxygens (including phenoxy) is 1. The molecule has 0 saturated heterocycles. The molecule has 112 valence electrons. The molecule has 1 aliphatic heterocycles. The number of phenolic OH excluding ortho intramolecular Hbond substituents is 3. The topological polar surface area (TPSA) is 104 Å². The maximum atomic E-state index is 12.2. The number of fused-ring (bicyclic) bond motifs is 1. The van der Waals surface area contributed by atoms with Gasteiger partial charge < -0.3 is 20.1 Å². The molecule has 6 heteroatoms. The van der Waals surface area contributed by atoms with Gasteiger partial charge in [-0.1, -0.05) is 6.07 Å². The van der Waals surface area contributed by atoms with Gasteiger partial charge in [0.05, 0.1) is 12.0 Å². The van der Waals surface area contributed by atoms with Gasteiger partial charge >= 0.3 is 0 Å². The smallest absolute Gasteiger partial charge is 0.174 e. The molecule has 0 spiro atoms. The van der Waals surface area contributed by atoms with Gasteiger partial charge in [-0.05, 0) is 17.7 Å². The Morgan fingerprint density at radius 3 is 2.59 bits per heavy atom. The number of benzene rings is 2. The van der Waals surface area contributed by atoms with E-state index in [0.29, 0.717) is 11.8 Å². The lowest BCUT2D eigenvalue weighted by Gasteiger charge is -2.26. The summed E-state index contributed by atoms with van der Waals surface area (Å²) in [4.78, 5) is 23.1. The lowest BCUT2D eigenvalue weighted by atomic mass is 9.94. The van der Waals surface area contributed by atoms with Crippen molar-refractivity contribution in [2.45, 2.75) is 12.5 Å². The summed E-state index contributed by atoms with van der Waals surface area (Å²) in [5, 5.41) is 28.8. The molecular weight excluding hydrogens is 288 g/mol. The van der Waals surface area contributed by atoms with Crippen LogP contribution in [0, 0.1) is 0 Å². The van der Waals surface area contributed by atoms with Crippen molar-refractivity contribution in [3.63, 3.8) is 0 Å². The fourth-order valence-corrected chi connectivity index (χ4v) is 2.48. The minimum atomic E-state index is -0.666. The summed E-state index contributed by atoms with van der Waals surface area (Å²) in [6, 6.07) is 6.66. The van der Waals surface area contributed by atoms with Crippen LogP contribution in [0.1, 0.15) is 38.8 Å². The highest BCUT2D eigenvalue weighted by atomic mass is 16.5. The second kappa shape index (κ2) is 5.07. The van der Waals surface area contributed by atoms with Crippen molar-refractivity contribution in [1.29, 1.82) is 0 Å². The quantitative estimate of drug-likeness (QED) is 0.735. The number of Topliss-reactive ketones (excluding diaryl/α,β-unsaturated/α-hetero) is 1. The van der Waals surface area contributed by atoms with Gasteiger partial charge in [-0.15, -0.1) is 0 Å². The number of aromatic hydroxyl groups is 3. The average Bonchev–Trinajstić information content (AvgIpc) is 2.46. The van der Waals surface area contributed by atoms with Gasteiger partial charge in [-0.3, -0.25) is 9.59 Å². The van der Waals surface area contributed by atoms with Gasteiger partial charge in [0.25, 0.3) is 0 Å². The number of carbonyl (C=O) groups is 2. The van der Waals surface area contributed by atoms with Gasteiger partial charge in [0, 0.05) is 12.1 Å². The molecule has 6 nitrogen and oxygen atoms in total. The third-order valence-corrected chi connectivity index (χ3v) is 3.54. The van der Waals surface area contributed by atoms with Crippen molar-refractivity contribution in [3.05, 3.63) is 47.0 Å². The van der Waals surface area contributed by atoms with E-state index < -0.39 is 6.10 Å². The van der Waals surface area contributed by atoms with Gasteiger partial charge in [0.15, 0.2) is 12.1 Å². The average molecular weight is 300 g/mol. The third kappa shape index (κ3) is 2.24. The first-order chi connectivity index (χ1) is 10.5. The zero-order valence-electron chi connectivity index (χ0n) is 11.3. The maximum Gasteiger partial charge on any atom is 0.174 e. The fourth-order valence-electron chi connectivity index (χ4n) is 2.48. The minimum absolute atomic E-state index is 0.0194. The van der Waals surface area contributed by atoms with E-state index >= 15 is 0 Å². The fraction of sp³-hybridized carbons (Fsp3) is 0.125. The molecule has 1 atom stereocenters. The van der Waals surface area contributed by atoms with Crippen LogP contribution in [0.2, 0.25) is 0 Å². The number of aldehydes is 1. The molecule has 0 amide bonds. The molecule has 2 aromatic carbocycles. The second-order valence-corrected chi connectivity index (χ2v) is 5.01. The Bertz CT molecular complexity index is 780. The molecule has 2 aromatic rings. The molecule has 22 heavy (non-hydrogen) atoms. The summed E-state index contributed by atoms with van der Waals surface area (Å²) in [7, 11) is 0. The molecule has 1 heterocycles. The lowest BCUT2D eigenvalue weighted by Crippen LogP contribution is -2.20. The van der Waals surface area contributed by atoms with E-state index in [9.17, 15) is 24.9 Å². The molecule has 3 rings (SSSR count). The number of carbonyl (C=O) groups excluding carboxylic acids is 2. The van der Waals surface area contributed by atoms with Gasteiger partial charge in [-0.25, -0.2) is 0 Å². The largest absolute Gasteiger partial charge is 0.508 e. The van der Waals surface area contributed by atoms with Gasteiger partial charge in [0.2, 0.25) is 0 Å². The van der Waals surface area contributed by atoms with Crippen molar-refractivity contribution >= 4 is 12.1 Å². The van der Waals surface area contributed by atoms with Crippen LogP contribution < -0.4 is 4.74 Å². The Balaban J connectivity index is 2.02. The van der Waals surface area contributed by atoms with Crippen LogP contribution in [0.5, 0.6) is 23.0 Å². The zero-order valence-corrected chi connectivity index (χ0v) is 11.3. The first-order valence-corrected chi connectivity index (χ1v) is 6.53.